The molecule has 0 saturated carbocycles. The van der Waals surface area contributed by atoms with Gasteiger partial charge in [-0.15, -0.1) is 0 Å². The lowest BCUT2D eigenvalue weighted by molar-refractivity contribution is -0.385. The van der Waals surface area contributed by atoms with Crippen molar-refractivity contribution in [2.24, 2.45) is 0 Å². The topological polar surface area (TPSA) is 114 Å². The van der Waals surface area contributed by atoms with Gasteiger partial charge in [-0.1, -0.05) is 59.6 Å². The average Bonchev–Trinajstić information content (AvgIpc) is 3.00. The van der Waals surface area contributed by atoms with Gasteiger partial charge in [-0.2, -0.15) is 0 Å². The van der Waals surface area contributed by atoms with E-state index in [1.165, 1.54) is 24.3 Å². The molecule has 0 amide bonds. The number of para-hydroxylation sites is 2. The van der Waals surface area contributed by atoms with Crippen molar-refractivity contribution in [1.82, 2.24) is 0 Å². The van der Waals surface area contributed by atoms with Crippen molar-refractivity contribution in [3.8, 4) is 23.0 Å². The smallest absolute Gasteiger partial charge is 0.274 e. The van der Waals surface area contributed by atoms with Gasteiger partial charge in [0.15, 0.2) is 0 Å². The minimum Gasteiger partial charge on any atom is -0.461 e. The monoisotopic (exact) mass is 616 g/mol. The normalized spacial score (nSPS) is 13.4. The Morgan fingerprint density at radius 1 is 0.651 bits per heavy atom. The van der Waals surface area contributed by atoms with Crippen molar-refractivity contribution in [1.29, 1.82) is 0 Å². The third-order valence-corrected chi connectivity index (χ3v) is 8.04. The number of nitro groups is 2. The molecule has 2 aliphatic heterocycles. The molecule has 4 aromatic carbocycles. The van der Waals surface area contributed by atoms with E-state index in [0.29, 0.717) is 35.9 Å². The summed E-state index contributed by atoms with van der Waals surface area (Å²) in [5.41, 5.74) is 2.02. The summed E-state index contributed by atoms with van der Waals surface area (Å²) in [6.45, 7) is 0. The van der Waals surface area contributed by atoms with Crippen LogP contribution >= 0.6 is 23.2 Å². The number of ether oxygens (including phenoxy) is 3. The second kappa shape index (κ2) is 11.8. The predicted octanol–water partition coefficient (Wildman–Crippen LogP) is 8.73. The largest absolute Gasteiger partial charge is 0.461 e. The zero-order chi connectivity index (χ0) is 30.1. The maximum absolute atomic E-state index is 11.9. The first-order chi connectivity index (χ1) is 20.8. The Balaban J connectivity index is 1.31. The van der Waals surface area contributed by atoms with Crippen LogP contribution in [0.25, 0.3) is 0 Å². The van der Waals surface area contributed by atoms with E-state index in [1.54, 1.807) is 0 Å². The number of fused-ring (bicyclic) bond motifs is 2. The molecule has 0 radical (unpaired) electrons. The lowest BCUT2D eigenvalue weighted by Gasteiger charge is -2.20. The summed E-state index contributed by atoms with van der Waals surface area (Å²) in [5, 5.41) is 23.8. The molecule has 0 aliphatic carbocycles. The molecule has 43 heavy (non-hydrogen) atoms. The van der Waals surface area contributed by atoms with Crippen molar-refractivity contribution in [3.05, 3.63) is 149 Å². The summed E-state index contributed by atoms with van der Waals surface area (Å²) in [6, 6.07) is 20.4. The lowest BCUT2D eigenvalue weighted by atomic mass is 10.0. The van der Waals surface area contributed by atoms with Crippen LogP contribution in [-0.2, 0) is 25.7 Å². The first-order valence-corrected chi connectivity index (χ1v) is 14.0. The molecule has 4 aromatic rings. The van der Waals surface area contributed by atoms with E-state index in [-0.39, 0.29) is 56.9 Å². The van der Waals surface area contributed by atoms with E-state index in [0.717, 1.165) is 11.1 Å². The van der Waals surface area contributed by atoms with Crippen LogP contribution in [0, 0.1) is 20.2 Å². The Labute approximate surface area is 255 Å². The number of hydrogen-bond acceptors (Lipinski definition) is 7. The Bertz CT molecular complexity index is 1720. The number of allylic oxidation sites excluding steroid dienone is 4. The van der Waals surface area contributed by atoms with E-state index in [2.05, 4.69) is 0 Å². The molecule has 2 heterocycles. The summed E-state index contributed by atoms with van der Waals surface area (Å²) >= 11 is 13.4. The zero-order valence-electron chi connectivity index (χ0n) is 22.4. The van der Waals surface area contributed by atoms with Gasteiger partial charge in [-0.3, -0.25) is 20.2 Å². The Hall–Kier alpha value is -4.86. The number of hydrogen-bond donors (Lipinski definition) is 0. The fraction of sp³-hybridized carbons (Fsp3) is 0.125. The minimum absolute atomic E-state index is 0.00320. The molecular weight excluding hydrogens is 595 g/mol. The van der Waals surface area contributed by atoms with E-state index in [9.17, 15) is 20.2 Å². The molecule has 216 valence electrons. The molecule has 0 aromatic heterocycles. The highest BCUT2D eigenvalue weighted by molar-refractivity contribution is 6.34. The Morgan fingerprint density at radius 2 is 1.07 bits per heavy atom. The quantitative estimate of drug-likeness (QED) is 0.143. The third-order valence-electron chi connectivity index (χ3n) is 7.21. The van der Waals surface area contributed by atoms with E-state index < -0.39 is 9.85 Å². The van der Waals surface area contributed by atoms with Crippen LogP contribution in [0.15, 0.2) is 96.5 Å². The van der Waals surface area contributed by atoms with Crippen molar-refractivity contribution < 1.29 is 24.1 Å². The molecule has 0 fully saturated rings. The van der Waals surface area contributed by atoms with Gasteiger partial charge in [0.05, 0.1) is 31.0 Å². The van der Waals surface area contributed by atoms with Crippen LogP contribution in [-0.4, -0.2) is 9.85 Å². The highest BCUT2D eigenvalue weighted by atomic mass is 35.5. The molecule has 2 aliphatic rings. The fourth-order valence-corrected chi connectivity index (χ4v) is 5.59. The maximum Gasteiger partial charge on any atom is 0.274 e. The van der Waals surface area contributed by atoms with Gasteiger partial charge in [-0.25, -0.2) is 0 Å². The maximum atomic E-state index is 11.9. The summed E-state index contributed by atoms with van der Waals surface area (Å²) < 4.78 is 18.0. The first kappa shape index (κ1) is 28.3. The van der Waals surface area contributed by atoms with Crippen LogP contribution in [0.1, 0.15) is 22.3 Å². The zero-order valence-corrected chi connectivity index (χ0v) is 23.9. The number of rotatable bonds is 8. The predicted molar refractivity (Wildman–Crippen MR) is 161 cm³/mol. The van der Waals surface area contributed by atoms with Gasteiger partial charge in [0.1, 0.15) is 34.5 Å². The molecule has 9 nitrogen and oxygen atoms in total. The summed E-state index contributed by atoms with van der Waals surface area (Å²) in [7, 11) is 0. The van der Waals surface area contributed by atoms with Gasteiger partial charge < -0.3 is 14.2 Å². The van der Waals surface area contributed by atoms with Gasteiger partial charge in [0.25, 0.3) is 11.4 Å². The van der Waals surface area contributed by atoms with Crippen molar-refractivity contribution in [2.75, 3.05) is 0 Å². The number of nitro benzene ring substituents is 2. The summed E-state index contributed by atoms with van der Waals surface area (Å²) in [6.07, 6.45) is 5.03. The van der Waals surface area contributed by atoms with Crippen LogP contribution in [0.5, 0.6) is 23.0 Å². The minimum atomic E-state index is -0.519. The molecule has 0 atom stereocenters. The third kappa shape index (κ3) is 5.77. The van der Waals surface area contributed by atoms with Gasteiger partial charge in [-0.05, 0) is 60.4 Å². The highest BCUT2D eigenvalue weighted by Gasteiger charge is 2.27. The van der Waals surface area contributed by atoms with Crippen molar-refractivity contribution in [3.63, 3.8) is 0 Å². The highest BCUT2D eigenvalue weighted by Crippen LogP contribution is 2.43. The molecule has 6 rings (SSSR count). The second-order valence-electron chi connectivity index (χ2n) is 9.89. The number of halogens is 2. The van der Waals surface area contributed by atoms with Gasteiger partial charge >= 0.3 is 0 Å². The molecule has 11 heteroatoms. The van der Waals surface area contributed by atoms with E-state index in [4.69, 9.17) is 37.4 Å². The summed E-state index contributed by atoms with van der Waals surface area (Å²) in [4.78, 5) is 22.8. The molecule has 0 saturated heterocycles. The number of benzene rings is 4. The van der Waals surface area contributed by atoms with Crippen LogP contribution in [0.2, 0.25) is 10.0 Å². The summed E-state index contributed by atoms with van der Waals surface area (Å²) in [5.74, 6) is 2.58. The average molecular weight is 617 g/mol. The fourth-order valence-electron chi connectivity index (χ4n) is 5.06. The number of nitrogens with zero attached hydrogens (tertiary/aromatic N) is 2. The van der Waals surface area contributed by atoms with E-state index >= 15 is 0 Å². The van der Waals surface area contributed by atoms with Crippen LogP contribution in [0.4, 0.5) is 11.4 Å². The van der Waals surface area contributed by atoms with Crippen molar-refractivity contribution in [2.45, 2.75) is 25.7 Å². The molecule has 0 spiro atoms. The van der Waals surface area contributed by atoms with Crippen molar-refractivity contribution >= 4 is 34.6 Å². The SMILES string of the molecule is O=[N+]([O-])c1ccc(Oc2ccc([N+](=O)[O-])c(CC3=CCc4ccccc4O3)c2Cl)c(Cl)c1CC1=CCc2ccccc2O1. The standard InChI is InChI=1S/C32H22Cl2N2O7/c33-31-23(17-21-11-9-19-5-1-3-7-27(19)41-21)25(35(37)38)13-15-29(31)43-30-16-14-26(36(39)40)24(32(30)34)18-22-12-10-20-6-2-4-8-28(20)42-22/h1-8,11-16H,9-10,17-18H2. The second-order valence-corrected chi connectivity index (χ2v) is 10.6. The first-order valence-electron chi connectivity index (χ1n) is 13.3. The van der Waals surface area contributed by atoms with Crippen LogP contribution in [0.3, 0.4) is 0 Å². The molecule has 0 unspecified atom stereocenters. The molecule has 0 bridgehead atoms. The Kier molecular flexibility index (Phi) is 7.75. The van der Waals surface area contributed by atoms with Crippen LogP contribution < -0.4 is 14.2 Å². The molecular formula is C32H22Cl2N2O7. The Morgan fingerprint density at radius 3 is 1.49 bits per heavy atom. The van der Waals surface area contributed by atoms with Gasteiger partial charge in [0, 0.05) is 25.0 Å². The van der Waals surface area contributed by atoms with E-state index in [1.807, 2.05) is 60.7 Å². The lowest BCUT2D eigenvalue weighted by Crippen LogP contribution is -2.09. The molecule has 0 N–H and O–H groups in total. The van der Waals surface area contributed by atoms with Gasteiger partial charge in [0.2, 0.25) is 0 Å².